The molecule has 0 spiro atoms. The van der Waals surface area contributed by atoms with Crippen molar-refractivity contribution >= 4 is 11.7 Å². The second-order valence-corrected chi connectivity index (χ2v) is 3.12. The Morgan fingerprint density at radius 2 is 2.38 bits per heavy atom. The van der Waals surface area contributed by atoms with E-state index in [4.69, 9.17) is 16.4 Å². The smallest absolute Gasteiger partial charge is 0.320 e. The first-order valence-electron chi connectivity index (χ1n) is 4.36. The van der Waals surface area contributed by atoms with Crippen LogP contribution in [0.2, 0.25) is 0 Å². The molecule has 0 amide bonds. The molecule has 16 heavy (non-hydrogen) atoms. The number of carbonyl (C=O) groups is 1. The van der Waals surface area contributed by atoms with Crippen LogP contribution < -0.4 is 5.73 Å². The number of carboxylic acids is 1. The van der Waals surface area contributed by atoms with Crippen LogP contribution in [0, 0.1) is 5.82 Å². The fraction of sp³-hybridized carbons (Fsp3) is 0.222. The topological polar surface area (TPSA) is 112 Å². The highest BCUT2D eigenvalue weighted by Gasteiger charge is 2.12. The zero-order chi connectivity index (χ0) is 12.1. The third-order valence-electron chi connectivity index (χ3n) is 1.94. The highest BCUT2D eigenvalue weighted by Crippen LogP contribution is 2.20. The summed E-state index contributed by atoms with van der Waals surface area (Å²) in [6.07, 6.45) is 0.0452. The number of rotatable bonds is 4. The first kappa shape index (κ1) is 12.0. The summed E-state index contributed by atoms with van der Waals surface area (Å²) in [5.41, 5.74) is 13.8. The Bertz CT molecular complexity index is 457. The second kappa shape index (κ2) is 5.11. The van der Waals surface area contributed by atoms with E-state index in [-0.39, 0.29) is 12.1 Å². The number of hydrogen-bond donors (Lipinski definition) is 2. The molecule has 0 radical (unpaired) electrons. The lowest BCUT2D eigenvalue weighted by molar-refractivity contribution is -0.138. The molecule has 6 nitrogen and oxygen atoms in total. The molecule has 3 N–H and O–H groups in total. The third kappa shape index (κ3) is 2.94. The predicted molar refractivity (Wildman–Crippen MR) is 54.5 cm³/mol. The van der Waals surface area contributed by atoms with Gasteiger partial charge < -0.3 is 10.8 Å². The highest BCUT2D eigenvalue weighted by atomic mass is 19.1. The maximum absolute atomic E-state index is 13.0. The van der Waals surface area contributed by atoms with Gasteiger partial charge in [-0.1, -0.05) is 11.2 Å². The molecule has 0 heterocycles. The lowest BCUT2D eigenvalue weighted by Crippen LogP contribution is -2.32. The SMILES string of the molecule is [N-]=[N+]=Nc1cc(C[C@H](N)C(=O)O)ccc1F. The first-order chi connectivity index (χ1) is 7.54. The maximum Gasteiger partial charge on any atom is 0.320 e. The fourth-order valence-electron chi connectivity index (χ4n) is 1.15. The second-order valence-electron chi connectivity index (χ2n) is 3.12. The molecule has 0 saturated heterocycles. The van der Waals surface area contributed by atoms with Gasteiger partial charge >= 0.3 is 5.97 Å². The van der Waals surface area contributed by atoms with Crippen molar-refractivity contribution in [3.8, 4) is 0 Å². The molecule has 0 aromatic heterocycles. The fourth-order valence-corrected chi connectivity index (χ4v) is 1.15. The first-order valence-corrected chi connectivity index (χ1v) is 4.36. The van der Waals surface area contributed by atoms with Crippen LogP contribution in [-0.4, -0.2) is 17.1 Å². The lowest BCUT2D eigenvalue weighted by Gasteiger charge is -2.07. The number of azide groups is 1. The molecule has 1 rings (SSSR count). The van der Waals surface area contributed by atoms with E-state index >= 15 is 0 Å². The Balaban J connectivity index is 2.94. The standard InChI is InChI=1S/C9H9FN4O2/c10-6-2-1-5(3-7(11)9(15)16)4-8(6)13-14-12/h1-2,4,7H,3,11H2,(H,15,16)/t7-/m0/s1. The number of nitrogens with zero attached hydrogens (tertiary/aromatic N) is 3. The van der Waals surface area contributed by atoms with E-state index in [9.17, 15) is 9.18 Å². The molecule has 0 bridgehead atoms. The molecule has 0 aliphatic rings. The normalized spacial score (nSPS) is 11.6. The average Bonchev–Trinajstić information content (AvgIpc) is 2.23. The van der Waals surface area contributed by atoms with Crippen molar-refractivity contribution < 1.29 is 14.3 Å². The van der Waals surface area contributed by atoms with E-state index < -0.39 is 17.8 Å². The molecule has 84 valence electrons. The van der Waals surface area contributed by atoms with Crippen LogP contribution >= 0.6 is 0 Å². The summed E-state index contributed by atoms with van der Waals surface area (Å²) in [5, 5.41) is 11.7. The van der Waals surface area contributed by atoms with Gasteiger partial charge in [0.05, 0.1) is 5.69 Å². The van der Waals surface area contributed by atoms with Gasteiger partial charge in [-0.2, -0.15) is 0 Å². The summed E-state index contributed by atoms with van der Waals surface area (Å²) < 4.78 is 13.0. The van der Waals surface area contributed by atoms with Crippen LogP contribution in [-0.2, 0) is 11.2 Å². The van der Waals surface area contributed by atoms with Gasteiger partial charge in [-0.15, -0.1) is 0 Å². The predicted octanol–water partition coefficient (Wildman–Crippen LogP) is 1.72. The molecular weight excluding hydrogens is 215 g/mol. The van der Waals surface area contributed by atoms with Crippen LogP contribution in [0.1, 0.15) is 5.56 Å². The van der Waals surface area contributed by atoms with E-state index in [1.807, 2.05) is 0 Å². The van der Waals surface area contributed by atoms with Gasteiger partial charge in [0.1, 0.15) is 11.9 Å². The Morgan fingerprint density at radius 1 is 1.69 bits per heavy atom. The summed E-state index contributed by atoms with van der Waals surface area (Å²) in [6, 6.07) is 2.71. The Labute approximate surface area is 90.1 Å². The van der Waals surface area contributed by atoms with Crippen LogP contribution in [0.4, 0.5) is 10.1 Å². The highest BCUT2D eigenvalue weighted by molar-refractivity contribution is 5.73. The van der Waals surface area contributed by atoms with Crippen molar-refractivity contribution in [3.05, 3.63) is 40.0 Å². The Morgan fingerprint density at radius 3 is 2.94 bits per heavy atom. The van der Waals surface area contributed by atoms with Crippen LogP contribution in [0.25, 0.3) is 10.4 Å². The van der Waals surface area contributed by atoms with Crippen LogP contribution in [0.3, 0.4) is 0 Å². The van der Waals surface area contributed by atoms with Crippen molar-refractivity contribution in [3.63, 3.8) is 0 Å². The van der Waals surface area contributed by atoms with Crippen LogP contribution in [0.5, 0.6) is 0 Å². The number of carboxylic acid groups (broad SMARTS) is 1. The minimum absolute atomic E-state index is 0.0452. The number of benzene rings is 1. The molecule has 0 aliphatic carbocycles. The van der Waals surface area contributed by atoms with E-state index in [2.05, 4.69) is 10.0 Å². The van der Waals surface area contributed by atoms with Crippen molar-refractivity contribution in [1.82, 2.24) is 0 Å². The van der Waals surface area contributed by atoms with Gasteiger partial charge in [-0.05, 0) is 29.6 Å². The zero-order valence-electron chi connectivity index (χ0n) is 8.17. The summed E-state index contributed by atoms with van der Waals surface area (Å²) in [4.78, 5) is 13.0. The number of halogens is 1. The Hall–Kier alpha value is -2.11. The molecule has 1 atom stereocenters. The van der Waals surface area contributed by atoms with Crippen molar-refractivity contribution in [2.75, 3.05) is 0 Å². The Kier molecular flexibility index (Phi) is 3.82. The van der Waals surface area contributed by atoms with E-state index in [1.54, 1.807) is 0 Å². The van der Waals surface area contributed by atoms with Gasteiger partial charge in [0, 0.05) is 4.91 Å². The minimum Gasteiger partial charge on any atom is -0.480 e. The van der Waals surface area contributed by atoms with Gasteiger partial charge in [-0.3, -0.25) is 4.79 Å². The molecule has 0 unspecified atom stereocenters. The molecule has 1 aromatic rings. The molecule has 0 saturated carbocycles. The number of aliphatic carboxylic acids is 1. The average molecular weight is 224 g/mol. The van der Waals surface area contributed by atoms with Gasteiger partial charge in [0.25, 0.3) is 0 Å². The van der Waals surface area contributed by atoms with E-state index in [0.717, 1.165) is 6.07 Å². The van der Waals surface area contributed by atoms with Gasteiger partial charge in [0.15, 0.2) is 0 Å². The molecular formula is C9H9FN4O2. The molecule has 0 aliphatic heterocycles. The number of hydrogen-bond acceptors (Lipinski definition) is 3. The minimum atomic E-state index is -1.14. The number of nitrogens with two attached hydrogens (primary N) is 1. The van der Waals surface area contributed by atoms with Crippen LogP contribution in [0.15, 0.2) is 23.3 Å². The molecule has 1 aromatic carbocycles. The van der Waals surface area contributed by atoms with Gasteiger partial charge in [0.2, 0.25) is 0 Å². The quantitative estimate of drug-likeness (QED) is 0.461. The molecule has 0 fully saturated rings. The van der Waals surface area contributed by atoms with Crippen molar-refractivity contribution in [1.29, 1.82) is 0 Å². The van der Waals surface area contributed by atoms with Crippen molar-refractivity contribution in [2.24, 2.45) is 10.8 Å². The summed E-state index contributed by atoms with van der Waals surface area (Å²) in [6.45, 7) is 0. The summed E-state index contributed by atoms with van der Waals surface area (Å²) >= 11 is 0. The maximum atomic E-state index is 13.0. The monoisotopic (exact) mass is 224 g/mol. The zero-order valence-corrected chi connectivity index (χ0v) is 8.17. The molecule has 7 heteroatoms. The van der Waals surface area contributed by atoms with E-state index in [0.29, 0.717) is 5.56 Å². The summed E-state index contributed by atoms with van der Waals surface area (Å²) in [5.74, 6) is -1.81. The van der Waals surface area contributed by atoms with E-state index in [1.165, 1.54) is 12.1 Å². The van der Waals surface area contributed by atoms with Gasteiger partial charge in [-0.25, -0.2) is 4.39 Å². The lowest BCUT2D eigenvalue weighted by atomic mass is 10.1. The third-order valence-corrected chi connectivity index (χ3v) is 1.94. The van der Waals surface area contributed by atoms with Crippen molar-refractivity contribution in [2.45, 2.75) is 12.5 Å². The largest absolute Gasteiger partial charge is 0.480 e. The summed E-state index contributed by atoms with van der Waals surface area (Å²) in [7, 11) is 0.